The Morgan fingerprint density at radius 3 is 2.58 bits per heavy atom. The van der Waals surface area contributed by atoms with Crippen LogP contribution in [0, 0.1) is 29.5 Å². The smallest absolute Gasteiger partial charge is 0.409 e. The first-order valence-corrected chi connectivity index (χ1v) is 14.1. The summed E-state index contributed by atoms with van der Waals surface area (Å²) in [5.41, 5.74) is 3.15. The average molecular weight is 559 g/mol. The number of carbonyl (C=O) groups excluding carboxylic acids is 2. The van der Waals surface area contributed by atoms with Gasteiger partial charge in [0.1, 0.15) is 17.2 Å². The summed E-state index contributed by atoms with van der Waals surface area (Å²) in [6, 6.07) is 17.8. The minimum absolute atomic E-state index is 0.129. The highest BCUT2D eigenvalue weighted by atomic mass is 31.1. The molecular weight excluding hydrogens is 530 g/mol. The molecule has 1 fully saturated rings. The van der Waals surface area contributed by atoms with E-state index in [1.807, 2.05) is 36.4 Å². The number of halogens is 1. The van der Waals surface area contributed by atoms with Crippen molar-refractivity contribution in [1.29, 1.82) is 10.8 Å². The second-order valence-corrected chi connectivity index (χ2v) is 11.6. The molecule has 0 aliphatic carbocycles. The van der Waals surface area contributed by atoms with Crippen LogP contribution in [0.2, 0.25) is 0 Å². The summed E-state index contributed by atoms with van der Waals surface area (Å²) in [5.74, 6) is -1.22. The molecule has 3 heterocycles. The minimum atomic E-state index is -1.49. The van der Waals surface area contributed by atoms with E-state index in [1.54, 1.807) is 35.7 Å². The summed E-state index contributed by atoms with van der Waals surface area (Å²) < 4.78 is 21.6. The highest BCUT2D eigenvalue weighted by Gasteiger charge is 2.38. The lowest BCUT2D eigenvalue weighted by molar-refractivity contribution is 0.0860. The van der Waals surface area contributed by atoms with Gasteiger partial charge in [0.2, 0.25) is 0 Å². The molecule has 1 unspecified atom stereocenters. The fourth-order valence-corrected chi connectivity index (χ4v) is 6.78. The van der Waals surface area contributed by atoms with Crippen molar-refractivity contribution in [2.45, 2.75) is 13.1 Å². The summed E-state index contributed by atoms with van der Waals surface area (Å²) in [6.07, 6.45) is 3.17. The SMILES string of the molecule is COC(=O)N1CC(C(=N)P(Cc2ccccc2)C(=N)c2cc(F)c(C)c(NC(=O)c3cnc4ccccn34)c2)C1. The molecular formula is C29H28FN6O3P. The number of anilines is 1. The van der Waals surface area contributed by atoms with E-state index in [0.717, 1.165) is 5.56 Å². The van der Waals surface area contributed by atoms with Crippen LogP contribution in [0.1, 0.15) is 27.2 Å². The first-order chi connectivity index (χ1) is 19.3. The van der Waals surface area contributed by atoms with Crippen molar-refractivity contribution in [3.8, 4) is 0 Å². The van der Waals surface area contributed by atoms with Crippen LogP contribution in [0.15, 0.2) is 73.1 Å². The topological polar surface area (TPSA) is 124 Å². The van der Waals surface area contributed by atoms with Crippen LogP contribution < -0.4 is 5.32 Å². The van der Waals surface area contributed by atoms with Crippen molar-refractivity contribution >= 4 is 42.2 Å². The fraction of sp³-hybridized carbons (Fsp3) is 0.207. The molecule has 1 atom stereocenters. The molecule has 0 bridgehead atoms. The lowest BCUT2D eigenvalue weighted by Gasteiger charge is -2.40. The number of imidazole rings is 1. The number of ether oxygens (including phenoxy) is 1. The van der Waals surface area contributed by atoms with E-state index in [9.17, 15) is 9.59 Å². The van der Waals surface area contributed by atoms with Gasteiger partial charge < -0.3 is 20.4 Å². The Labute approximate surface area is 231 Å². The third-order valence-electron chi connectivity index (χ3n) is 6.96. The van der Waals surface area contributed by atoms with Gasteiger partial charge in [-0.05, 0) is 44.7 Å². The van der Waals surface area contributed by atoms with Crippen molar-refractivity contribution in [3.63, 3.8) is 0 Å². The van der Waals surface area contributed by atoms with E-state index in [-0.39, 0.29) is 22.6 Å². The Kier molecular flexibility index (Phi) is 7.71. The molecule has 1 aliphatic rings. The van der Waals surface area contributed by atoms with Crippen LogP contribution >= 0.6 is 7.92 Å². The zero-order valence-electron chi connectivity index (χ0n) is 22.0. The number of benzene rings is 2. The molecule has 9 nitrogen and oxygen atoms in total. The number of likely N-dealkylation sites (tertiary alicyclic amines) is 1. The normalized spacial score (nSPS) is 13.9. The molecule has 1 saturated heterocycles. The zero-order chi connectivity index (χ0) is 28.4. The van der Waals surface area contributed by atoms with Crippen molar-refractivity contribution in [3.05, 3.63) is 101 Å². The lowest BCUT2D eigenvalue weighted by atomic mass is 10.0. The van der Waals surface area contributed by atoms with Crippen LogP contribution in [-0.2, 0) is 10.9 Å². The summed E-state index contributed by atoms with van der Waals surface area (Å²) in [7, 11) is -0.176. The number of hydrogen-bond acceptors (Lipinski definition) is 6. The third kappa shape index (κ3) is 5.35. The van der Waals surface area contributed by atoms with Crippen LogP contribution in [0.4, 0.5) is 14.9 Å². The molecule has 2 aromatic carbocycles. The molecule has 0 radical (unpaired) electrons. The summed E-state index contributed by atoms with van der Waals surface area (Å²) >= 11 is 0. The van der Waals surface area contributed by atoms with Crippen LogP contribution in [0.3, 0.4) is 0 Å². The van der Waals surface area contributed by atoms with Crippen molar-refractivity contribution < 1.29 is 18.7 Å². The van der Waals surface area contributed by atoms with Crippen molar-refractivity contribution in [1.82, 2.24) is 14.3 Å². The Balaban J connectivity index is 1.43. The Bertz CT molecular complexity index is 1620. The molecule has 5 rings (SSSR count). The maximum atomic E-state index is 15.2. The van der Waals surface area contributed by atoms with E-state index in [2.05, 4.69) is 10.3 Å². The first-order valence-electron chi connectivity index (χ1n) is 12.6. The maximum Gasteiger partial charge on any atom is 0.409 e. The predicted octanol–water partition coefficient (Wildman–Crippen LogP) is 5.72. The van der Waals surface area contributed by atoms with Crippen LogP contribution in [0.25, 0.3) is 5.65 Å². The van der Waals surface area contributed by atoms with Gasteiger partial charge in [-0.15, -0.1) is 0 Å². The van der Waals surface area contributed by atoms with Gasteiger partial charge in [-0.25, -0.2) is 14.2 Å². The third-order valence-corrected chi connectivity index (χ3v) is 9.39. The number of rotatable bonds is 8. The van der Waals surface area contributed by atoms with Gasteiger partial charge in [0.15, 0.2) is 0 Å². The predicted molar refractivity (Wildman–Crippen MR) is 153 cm³/mol. The van der Waals surface area contributed by atoms with Crippen molar-refractivity contribution in [2.75, 3.05) is 25.5 Å². The number of pyridine rings is 1. The standard InChI is InChI=1S/C29H28FN6O3P/c1-18-22(30)12-20(13-23(18)34-28(37)24-14-33-25-10-6-7-11-36(24)25)26(31)40(17-19-8-4-3-5-9-19)27(32)21-15-35(16-21)29(38)39-2/h3-14,21,31-32H,15-17H2,1-2H3,(H,34,37). The lowest BCUT2D eigenvalue weighted by Crippen LogP contribution is -2.52. The number of hydrogen-bond donors (Lipinski definition) is 3. The highest BCUT2D eigenvalue weighted by Crippen LogP contribution is 2.48. The van der Waals surface area contributed by atoms with Crippen molar-refractivity contribution in [2.24, 2.45) is 5.92 Å². The second-order valence-electron chi connectivity index (χ2n) is 9.53. The highest BCUT2D eigenvalue weighted by molar-refractivity contribution is 7.89. The molecule has 3 N–H and O–H groups in total. The van der Waals surface area contributed by atoms with Crippen LogP contribution in [-0.4, -0.2) is 57.4 Å². The monoisotopic (exact) mass is 558 g/mol. The molecule has 11 heteroatoms. The fourth-order valence-electron chi connectivity index (χ4n) is 4.59. The number of methoxy groups -OCH3 is 1. The molecule has 4 aromatic rings. The van der Waals surface area contributed by atoms with Gasteiger partial charge in [-0.2, -0.15) is 0 Å². The minimum Gasteiger partial charge on any atom is -0.453 e. The van der Waals surface area contributed by atoms with E-state index >= 15 is 4.39 Å². The number of carbonyl (C=O) groups is 2. The summed E-state index contributed by atoms with van der Waals surface area (Å²) in [6.45, 7) is 2.25. The first kappa shape index (κ1) is 27.1. The second kappa shape index (κ2) is 11.4. The number of nitrogens with one attached hydrogen (secondary N) is 3. The van der Waals surface area contributed by atoms with E-state index in [1.165, 1.54) is 24.3 Å². The Morgan fingerprint density at radius 2 is 1.85 bits per heavy atom. The largest absolute Gasteiger partial charge is 0.453 e. The van der Waals surface area contributed by atoms with Crippen LogP contribution in [0.5, 0.6) is 0 Å². The molecule has 2 aromatic heterocycles. The zero-order valence-corrected chi connectivity index (χ0v) is 22.9. The molecule has 0 saturated carbocycles. The molecule has 204 valence electrons. The van der Waals surface area contributed by atoms with Gasteiger partial charge in [0.05, 0.1) is 18.8 Å². The van der Waals surface area contributed by atoms with E-state index < -0.39 is 25.7 Å². The quantitative estimate of drug-likeness (QED) is 0.189. The number of aromatic nitrogens is 2. The van der Waals surface area contributed by atoms with Gasteiger partial charge in [0.25, 0.3) is 5.91 Å². The molecule has 2 amide bonds. The summed E-state index contributed by atoms with van der Waals surface area (Å²) in [4.78, 5) is 30.7. The van der Waals surface area contributed by atoms with Gasteiger partial charge in [0, 0.05) is 53.6 Å². The maximum absolute atomic E-state index is 15.2. The Morgan fingerprint density at radius 1 is 1.12 bits per heavy atom. The molecule has 1 aliphatic heterocycles. The average Bonchev–Trinajstić information content (AvgIpc) is 3.37. The number of nitrogens with zero attached hydrogens (tertiary/aromatic N) is 3. The molecule has 0 spiro atoms. The summed E-state index contributed by atoms with van der Waals surface area (Å²) in [5, 5.41) is 20.9. The number of amides is 2. The van der Waals surface area contributed by atoms with Gasteiger partial charge in [-0.3, -0.25) is 14.6 Å². The van der Waals surface area contributed by atoms with E-state index in [0.29, 0.717) is 41.6 Å². The Hall–Kier alpha value is -4.43. The number of fused-ring (bicyclic) bond motifs is 1. The van der Waals surface area contributed by atoms with E-state index in [4.69, 9.17) is 15.6 Å². The molecule has 40 heavy (non-hydrogen) atoms. The van der Waals surface area contributed by atoms with Gasteiger partial charge in [-0.1, -0.05) is 36.4 Å². The van der Waals surface area contributed by atoms with Gasteiger partial charge >= 0.3 is 6.09 Å².